The summed E-state index contributed by atoms with van der Waals surface area (Å²) >= 11 is 11.2. The second-order valence-corrected chi connectivity index (χ2v) is 8.96. The summed E-state index contributed by atoms with van der Waals surface area (Å²) in [5.74, 6) is 0.00888. The number of hydrogen-bond donors (Lipinski definition) is 0. The predicted molar refractivity (Wildman–Crippen MR) is 120 cm³/mol. The van der Waals surface area contributed by atoms with E-state index in [2.05, 4.69) is 22.5 Å². The number of thioether (sulfide) groups is 1. The van der Waals surface area contributed by atoms with Crippen molar-refractivity contribution in [2.75, 3.05) is 13.7 Å². The zero-order chi connectivity index (χ0) is 20.3. The summed E-state index contributed by atoms with van der Waals surface area (Å²) in [6.07, 6.45) is 3.35. The zero-order valence-electron chi connectivity index (χ0n) is 14.6. The van der Waals surface area contributed by atoms with E-state index in [1.807, 2.05) is 0 Å². The SMILES string of the molecule is C=CCN1C(=O)/C(=C\c2cc(Br)c(OC(=O)c3cccs3)c(OC)c2)SC1=S. The smallest absolute Gasteiger partial charge is 0.353 e. The van der Waals surface area contributed by atoms with E-state index in [1.165, 1.54) is 35.1 Å². The average molecular weight is 496 g/mol. The van der Waals surface area contributed by atoms with Gasteiger partial charge in [0.25, 0.3) is 5.91 Å². The monoisotopic (exact) mass is 495 g/mol. The highest BCUT2D eigenvalue weighted by Gasteiger charge is 2.31. The molecule has 0 bridgehead atoms. The number of rotatable bonds is 6. The molecule has 1 aromatic carbocycles. The summed E-state index contributed by atoms with van der Waals surface area (Å²) in [6.45, 7) is 4.01. The van der Waals surface area contributed by atoms with Gasteiger partial charge in [-0.2, -0.15) is 0 Å². The molecule has 144 valence electrons. The van der Waals surface area contributed by atoms with E-state index in [0.717, 1.165) is 0 Å². The Bertz CT molecular complexity index is 985. The van der Waals surface area contributed by atoms with Crippen LogP contribution in [0.4, 0.5) is 0 Å². The molecule has 0 radical (unpaired) electrons. The van der Waals surface area contributed by atoms with Gasteiger partial charge in [-0.1, -0.05) is 36.1 Å². The lowest BCUT2D eigenvalue weighted by Crippen LogP contribution is -2.27. The number of thiocarbonyl (C=S) groups is 1. The van der Waals surface area contributed by atoms with Crippen LogP contribution in [0.25, 0.3) is 6.08 Å². The Hall–Kier alpha value is -1.94. The molecule has 0 saturated carbocycles. The molecule has 1 aliphatic heterocycles. The van der Waals surface area contributed by atoms with Crippen molar-refractivity contribution in [3.8, 4) is 11.5 Å². The van der Waals surface area contributed by atoms with Crippen molar-refractivity contribution in [3.63, 3.8) is 0 Å². The van der Waals surface area contributed by atoms with Crippen molar-refractivity contribution in [1.82, 2.24) is 4.90 Å². The van der Waals surface area contributed by atoms with E-state index >= 15 is 0 Å². The lowest BCUT2D eigenvalue weighted by Gasteiger charge is -2.12. The van der Waals surface area contributed by atoms with E-state index in [9.17, 15) is 9.59 Å². The molecule has 2 aromatic rings. The van der Waals surface area contributed by atoms with Crippen LogP contribution in [0.15, 0.2) is 51.7 Å². The second-order valence-electron chi connectivity index (χ2n) is 5.48. The standard InChI is InChI=1S/C19H14BrNO4S3/c1-3-6-21-17(22)15(28-19(21)26)10-11-8-12(20)16(13(9-11)24-2)25-18(23)14-5-4-7-27-14/h3-5,7-10H,1,6H2,2H3/b15-10+. The van der Waals surface area contributed by atoms with Crippen LogP contribution in [0.1, 0.15) is 15.2 Å². The van der Waals surface area contributed by atoms with Gasteiger partial charge in [0.05, 0.1) is 16.5 Å². The van der Waals surface area contributed by atoms with Gasteiger partial charge in [0.15, 0.2) is 11.5 Å². The second kappa shape index (κ2) is 9.04. The van der Waals surface area contributed by atoms with Crippen LogP contribution in [-0.2, 0) is 4.79 Å². The van der Waals surface area contributed by atoms with Crippen molar-refractivity contribution in [3.05, 3.63) is 62.1 Å². The summed E-state index contributed by atoms with van der Waals surface area (Å²) in [6, 6.07) is 6.91. The number of hydrogen-bond acceptors (Lipinski definition) is 7. The first-order valence-corrected chi connectivity index (χ1v) is 10.8. The Morgan fingerprint density at radius 3 is 2.86 bits per heavy atom. The third-order valence-electron chi connectivity index (χ3n) is 3.65. The fourth-order valence-corrected chi connectivity index (χ4v) is 4.81. The minimum absolute atomic E-state index is 0.168. The lowest BCUT2D eigenvalue weighted by atomic mass is 10.2. The van der Waals surface area contributed by atoms with Crippen LogP contribution in [0.3, 0.4) is 0 Å². The number of thiophene rings is 1. The number of amides is 1. The molecule has 0 unspecified atom stereocenters. The van der Waals surface area contributed by atoms with E-state index in [0.29, 0.717) is 36.4 Å². The largest absolute Gasteiger partial charge is 0.493 e. The first kappa shape index (κ1) is 20.8. The Morgan fingerprint density at radius 1 is 1.43 bits per heavy atom. The number of carbonyl (C=O) groups excluding carboxylic acids is 2. The minimum atomic E-state index is -0.466. The topological polar surface area (TPSA) is 55.8 Å². The highest BCUT2D eigenvalue weighted by atomic mass is 79.9. The molecular weight excluding hydrogens is 482 g/mol. The summed E-state index contributed by atoms with van der Waals surface area (Å²) in [5.41, 5.74) is 0.707. The fourth-order valence-electron chi connectivity index (χ4n) is 2.40. The number of benzene rings is 1. The molecule has 0 aliphatic carbocycles. The summed E-state index contributed by atoms with van der Waals surface area (Å²) in [5, 5.41) is 1.80. The number of carbonyl (C=O) groups is 2. The summed E-state index contributed by atoms with van der Waals surface area (Å²) in [7, 11) is 1.48. The van der Waals surface area contributed by atoms with Gasteiger partial charge in [0.2, 0.25) is 0 Å². The maximum absolute atomic E-state index is 12.5. The molecule has 0 spiro atoms. The first-order chi connectivity index (χ1) is 13.4. The summed E-state index contributed by atoms with van der Waals surface area (Å²) in [4.78, 5) is 27.2. The van der Waals surface area contributed by atoms with Crippen LogP contribution < -0.4 is 9.47 Å². The molecule has 2 heterocycles. The Balaban J connectivity index is 1.89. The van der Waals surface area contributed by atoms with E-state index in [1.54, 1.807) is 41.8 Å². The van der Waals surface area contributed by atoms with Gasteiger partial charge in [0.1, 0.15) is 9.20 Å². The zero-order valence-corrected chi connectivity index (χ0v) is 18.7. The van der Waals surface area contributed by atoms with Crippen LogP contribution in [0, 0.1) is 0 Å². The quantitative estimate of drug-likeness (QED) is 0.182. The molecule has 0 N–H and O–H groups in total. The van der Waals surface area contributed by atoms with Gasteiger partial charge >= 0.3 is 5.97 Å². The Labute approximate surface area is 184 Å². The van der Waals surface area contributed by atoms with Gasteiger partial charge in [-0.25, -0.2) is 4.79 Å². The maximum Gasteiger partial charge on any atom is 0.353 e. The molecule has 28 heavy (non-hydrogen) atoms. The number of halogens is 1. The molecule has 1 aromatic heterocycles. The molecule has 1 amide bonds. The van der Waals surface area contributed by atoms with Crippen LogP contribution in [0.5, 0.6) is 11.5 Å². The van der Waals surface area contributed by atoms with Gasteiger partial charge in [-0.05, 0) is 51.1 Å². The lowest BCUT2D eigenvalue weighted by molar-refractivity contribution is -0.121. The third kappa shape index (κ3) is 4.38. The molecule has 1 saturated heterocycles. The van der Waals surface area contributed by atoms with Crippen molar-refractivity contribution in [2.24, 2.45) is 0 Å². The van der Waals surface area contributed by atoms with Crippen molar-refractivity contribution in [2.45, 2.75) is 0 Å². The van der Waals surface area contributed by atoms with Crippen molar-refractivity contribution >= 4 is 73.5 Å². The van der Waals surface area contributed by atoms with Crippen molar-refractivity contribution in [1.29, 1.82) is 0 Å². The van der Waals surface area contributed by atoms with Gasteiger partial charge < -0.3 is 9.47 Å². The molecule has 0 atom stereocenters. The van der Waals surface area contributed by atoms with Crippen LogP contribution in [0.2, 0.25) is 0 Å². The molecule has 3 rings (SSSR count). The Morgan fingerprint density at radius 2 is 2.21 bits per heavy atom. The molecule has 1 fully saturated rings. The molecular formula is C19H14BrNO4S3. The summed E-state index contributed by atoms with van der Waals surface area (Å²) < 4.78 is 11.9. The molecule has 1 aliphatic rings. The number of nitrogens with zero attached hydrogens (tertiary/aromatic N) is 1. The van der Waals surface area contributed by atoms with Gasteiger partial charge in [-0.15, -0.1) is 17.9 Å². The first-order valence-electron chi connectivity index (χ1n) is 7.94. The van der Waals surface area contributed by atoms with Gasteiger partial charge in [-0.3, -0.25) is 9.69 Å². The van der Waals surface area contributed by atoms with Crippen LogP contribution >= 0.6 is 51.2 Å². The highest BCUT2D eigenvalue weighted by Crippen LogP contribution is 2.39. The number of esters is 1. The third-order valence-corrected chi connectivity index (χ3v) is 6.47. The van der Waals surface area contributed by atoms with Gasteiger partial charge in [0, 0.05) is 6.54 Å². The number of ether oxygens (including phenoxy) is 2. The van der Waals surface area contributed by atoms with E-state index in [4.69, 9.17) is 21.7 Å². The number of methoxy groups -OCH3 is 1. The normalized spacial score (nSPS) is 15.2. The molecule has 5 nitrogen and oxygen atoms in total. The highest BCUT2D eigenvalue weighted by molar-refractivity contribution is 9.10. The van der Waals surface area contributed by atoms with Crippen molar-refractivity contribution < 1.29 is 19.1 Å². The Kier molecular flexibility index (Phi) is 6.71. The van der Waals surface area contributed by atoms with E-state index < -0.39 is 5.97 Å². The minimum Gasteiger partial charge on any atom is -0.493 e. The fraction of sp³-hybridized carbons (Fsp3) is 0.105. The maximum atomic E-state index is 12.5. The van der Waals surface area contributed by atoms with Crippen LogP contribution in [-0.4, -0.2) is 34.8 Å². The average Bonchev–Trinajstić information content (AvgIpc) is 3.29. The van der Waals surface area contributed by atoms with E-state index in [-0.39, 0.29) is 11.7 Å². The predicted octanol–water partition coefficient (Wildman–Crippen LogP) is 5.13. The molecule has 9 heteroatoms.